The number of benzene rings is 2. The fourth-order valence-corrected chi connectivity index (χ4v) is 3.32. The summed E-state index contributed by atoms with van der Waals surface area (Å²) in [6.45, 7) is 2.10. The van der Waals surface area contributed by atoms with Crippen molar-refractivity contribution in [2.75, 3.05) is 27.3 Å². The molecule has 0 radical (unpaired) electrons. The summed E-state index contributed by atoms with van der Waals surface area (Å²) in [5.74, 6) is 0.809. The lowest BCUT2D eigenvalue weighted by molar-refractivity contribution is -0.146. The number of ether oxygens (including phenoxy) is 2. The predicted octanol–water partition coefficient (Wildman–Crippen LogP) is 3.17. The van der Waals surface area contributed by atoms with E-state index in [4.69, 9.17) is 9.47 Å². The number of halogens is 1. The molecule has 3 rings (SSSR count). The van der Waals surface area contributed by atoms with Gasteiger partial charge in [-0.2, -0.15) is 0 Å². The first kappa shape index (κ1) is 21.2. The molecule has 5 nitrogen and oxygen atoms in total. The lowest BCUT2D eigenvalue weighted by Crippen LogP contribution is -2.53. The summed E-state index contributed by atoms with van der Waals surface area (Å²) in [5.41, 5.74) is 2.58. The molecule has 0 atom stereocenters. The Morgan fingerprint density at radius 3 is 2.41 bits per heavy atom. The van der Waals surface area contributed by atoms with Crippen molar-refractivity contribution in [2.45, 2.75) is 25.0 Å². The van der Waals surface area contributed by atoms with Gasteiger partial charge in [0, 0.05) is 13.7 Å². The molecule has 6 heteroatoms. The van der Waals surface area contributed by atoms with Crippen LogP contribution in [0.15, 0.2) is 48.5 Å². The third-order valence-electron chi connectivity index (χ3n) is 5.03. The van der Waals surface area contributed by atoms with Gasteiger partial charge in [0.1, 0.15) is 11.4 Å². The topological polar surface area (TPSA) is 59.6 Å². The molecule has 1 amide bonds. The number of methoxy groups -OCH3 is 2. The van der Waals surface area contributed by atoms with Crippen molar-refractivity contribution in [3.63, 3.8) is 0 Å². The monoisotopic (exact) mass is 390 g/mol. The van der Waals surface area contributed by atoms with Gasteiger partial charge >= 0.3 is 0 Å². The molecule has 1 saturated heterocycles. The molecule has 2 aromatic carbocycles. The van der Waals surface area contributed by atoms with Crippen LogP contribution in [0.5, 0.6) is 5.75 Å². The Morgan fingerprint density at radius 1 is 1.07 bits per heavy atom. The first-order chi connectivity index (χ1) is 12.7. The Morgan fingerprint density at radius 2 is 1.78 bits per heavy atom. The molecule has 27 heavy (non-hydrogen) atoms. The van der Waals surface area contributed by atoms with Crippen molar-refractivity contribution in [1.29, 1.82) is 0 Å². The SMILES string of the molecule is COc1cccc(-c2ccc(CNC(=O)C3(OC)CCNCC3)cc2)c1.Cl. The smallest absolute Gasteiger partial charge is 0.252 e. The molecular formula is C21H27ClN2O3. The molecule has 1 aliphatic rings. The average molecular weight is 391 g/mol. The van der Waals surface area contributed by atoms with Gasteiger partial charge in [-0.05, 0) is 54.8 Å². The molecule has 2 N–H and O–H groups in total. The van der Waals surface area contributed by atoms with E-state index in [0.29, 0.717) is 19.4 Å². The van der Waals surface area contributed by atoms with Crippen LogP contribution >= 0.6 is 12.4 Å². The molecule has 0 saturated carbocycles. The zero-order valence-corrected chi connectivity index (χ0v) is 16.6. The van der Waals surface area contributed by atoms with Crippen LogP contribution in [-0.2, 0) is 16.1 Å². The highest BCUT2D eigenvalue weighted by Crippen LogP contribution is 2.25. The zero-order chi connectivity index (χ0) is 18.4. The average Bonchev–Trinajstić information content (AvgIpc) is 2.73. The van der Waals surface area contributed by atoms with E-state index in [9.17, 15) is 4.79 Å². The van der Waals surface area contributed by atoms with Gasteiger partial charge in [-0.15, -0.1) is 12.4 Å². The largest absolute Gasteiger partial charge is 0.497 e. The molecule has 0 aliphatic carbocycles. The van der Waals surface area contributed by atoms with Gasteiger partial charge in [0.05, 0.1) is 7.11 Å². The Hall–Kier alpha value is -2.08. The molecule has 1 fully saturated rings. The Kier molecular flexibility index (Phi) is 7.66. The van der Waals surface area contributed by atoms with E-state index < -0.39 is 5.60 Å². The van der Waals surface area contributed by atoms with E-state index in [2.05, 4.69) is 28.8 Å². The van der Waals surface area contributed by atoms with Crippen LogP contribution in [0.25, 0.3) is 11.1 Å². The molecular weight excluding hydrogens is 364 g/mol. The number of amides is 1. The Bertz CT molecular complexity index is 743. The minimum atomic E-state index is -0.703. The highest BCUT2D eigenvalue weighted by atomic mass is 35.5. The van der Waals surface area contributed by atoms with Crippen LogP contribution in [0.3, 0.4) is 0 Å². The van der Waals surface area contributed by atoms with Crippen molar-refractivity contribution in [3.05, 3.63) is 54.1 Å². The van der Waals surface area contributed by atoms with Crippen LogP contribution in [0.2, 0.25) is 0 Å². The van der Waals surface area contributed by atoms with E-state index in [1.54, 1.807) is 14.2 Å². The van der Waals surface area contributed by atoms with Crippen LogP contribution in [0.4, 0.5) is 0 Å². The standard InChI is InChI=1S/C21H26N2O3.ClH/c1-25-19-5-3-4-18(14-19)17-8-6-16(7-9-17)15-23-20(24)21(26-2)10-12-22-13-11-21;/h3-9,14,22H,10-13,15H2,1-2H3,(H,23,24);1H. The maximum absolute atomic E-state index is 12.6. The summed E-state index contributed by atoms with van der Waals surface area (Å²) in [6.07, 6.45) is 1.40. The number of carbonyl (C=O) groups is 1. The van der Waals surface area contributed by atoms with Gasteiger partial charge in [0.25, 0.3) is 5.91 Å². The Labute approximate surface area is 166 Å². The normalized spacial score (nSPS) is 15.5. The van der Waals surface area contributed by atoms with Gasteiger partial charge in [-0.1, -0.05) is 36.4 Å². The minimum Gasteiger partial charge on any atom is -0.497 e. The number of carbonyl (C=O) groups excluding carboxylic acids is 1. The number of nitrogens with one attached hydrogen (secondary N) is 2. The van der Waals surface area contributed by atoms with Crippen LogP contribution in [0.1, 0.15) is 18.4 Å². The quantitative estimate of drug-likeness (QED) is 0.795. The van der Waals surface area contributed by atoms with Crippen LogP contribution in [0, 0.1) is 0 Å². The lowest BCUT2D eigenvalue weighted by Gasteiger charge is -2.34. The van der Waals surface area contributed by atoms with Crippen molar-refractivity contribution < 1.29 is 14.3 Å². The third-order valence-corrected chi connectivity index (χ3v) is 5.03. The summed E-state index contributed by atoms with van der Waals surface area (Å²) in [7, 11) is 3.29. The second kappa shape index (κ2) is 9.74. The molecule has 2 aromatic rings. The highest BCUT2D eigenvalue weighted by molar-refractivity contribution is 5.85. The lowest BCUT2D eigenvalue weighted by atomic mass is 9.91. The number of hydrogen-bond donors (Lipinski definition) is 2. The van der Waals surface area contributed by atoms with Crippen LogP contribution in [-0.4, -0.2) is 38.8 Å². The zero-order valence-electron chi connectivity index (χ0n) is 15.8. The van der Waals surface area contributed by atoms with Gasteiger partial charge in [-0.3, -0.25) is 4.79 Å². The van der Waals surface area contributed by atoms with Gasteiger partial charge in [0.2, 0.25) is 0 Å². The molecule has 0 unspecified atom stereocenters. The van der Waals surface area contributed by atoms with E-state index in [-0.39, 0.29) is 18.3 Å². The van der Waals surface area contributed by atoms with Crippen molar-refractivity contribution in [3.8, 4) is 16.9 Å². The molecule has 0 spiro atoms. The second-order valence-corrected chi connectivity index (χ2v) is 6.56. The molecule has 0 aromatic heterocycles. The van der Waals surface area contributed by atoms with Crippen LogP contribution < -0.4 is 15.4 Å². The van der Waals surface area contributed by atoms with Gasteiger partial charge in [-0.25, -0.2) is 0 Å². The van der Waals surface area contributed by atoms with Crippen molar-refractivity contribution in [2.24, 2.45) is 0 Å². The fraction of sp³-hybridized carbons (Fsp3) is 0.381. The third kappa shape index (κ3) is 5.01. The molecule has 0 bridgehead atoms. The number of rotatable bonds is 6. The van der Waals surface area contributed by atoms with E-state index in [1.807, 2.05) is 30.3 Å². The molecule has 1 heterocycles. The molecule has 146 valence electrons. The summed E-state index contributed by atoms with van der Waals surface area (Å²) in [6, 6.07) is 16.2. The first-order valence-electron chi connectivity index (χ1n) is 8.94. The maximum atomic E-state index is 12.6. The van der Waals surface area contributed by atoms with Crippen molar-refractivity contribution in [1.82, 2.24) is 10.6 Å². The molecule has 1 aliphatic heterocycles. The number of piperidine rings is 1. The summed E-state index contributed by atoms with van der Waals surface area (Å²) in [5, 5.41) is 6.29. The van der Waals surface area contributed by atoms with E-state index >= 15 is 0 Å². The summed E-state index contributed by atoms with van der Waals surface area (Å²) >= 11 is 0. The summed E-state index contributed by atoms with van der Waals surface area (Å²) in [4.78, 5) is 12.6. The predicted molar refractivity (Wildman–Crippen MR) is 109 cm³/mol. The second-order valence-electron chi connectivity index (χ2n) is 6.56. The fourth-order valence-electron chi connectivity index (χ4n) is 3.32. The summed E-state index contributed by atoms with van der Waals surface area (Å²) < 4.78 is 10.8. The van der Waals surface area contributed by atoms with E-state index in [0.717, 1.165) is 35.5 Å². The Balaban J connectivity index is 0.00000261. The number of hydrogen-bond acceptors (Lipinski definition) is 4. The van der Waals surface area contributed by atoms with E-state index in [1.165, 1.54) is 0 Å². The highest BCUT2D eigenvalue weighted by Gasteiger charge is 2.39. The minimum absolute atomic E-state index is 0. The van der Waals surface area contributed by atoms with Gasteiger partial charge in [0.15, 0.2) is 0 Å². The van der Waals surface area contributed by atoms with Crippen molar-refractivity contribution >= 4 is 18.3 Å². The van der Waals surface area contributed by atoms with Gasteiger partial charge < -0.3 is 20.1 Å². The first-order valence-corrected chi connectivity index (χ1v) is 8.94. The maximum Gasteiger partial charge on any atom is 0.252 e.